The molecule has 0 heterocycles. The van der Waals surface area contributed by atoms with Gasteiger partial charge in [0.2, 0.25) is 0 Å². The second-order valence-electron chi connectivity index (χ2n) is 4.26. The normalized spacial score (nSPS) is 10.8. The highest BCUT2D eigenvalue weighted by atomic mass is 19.2. The van der Waals surface area contributed by atoms with Gasteiger partial charge in [-0.1, -0.05) is 6.07 Å². The van der Waals surface area contributed by atoms with Crippen molar-refractivity contribution in [2.45, 2.75) is 13.1 Å². The molecule has 0 bridgehead atoms. The van der Waals surface area contributed by atoms with E-state index in [1.165, 1.54) is 6.07 Å². The summed E-state index contributed by atoms with van der Waals surface area (Å²) in [7, 11) is 0. The van der Waals surface area contributed by atoms with E-state index < -0.39 is 29.0 Å². The van der Waals surface area contributed by atoms with Crippen molar-refractivity contribution in [1.82, 2.24) is 5.32 Å². The average molecular weight is 285 g/mol. The minimum absolute atomic E-state index is 0.118. The van der Waals surface area contributed by atoms with Crippen molar-refractivity contribution >= 4 is 0 Å². The largest absolute Gasteiger partial charge is 0.503 e. The molecule has 2 rings (SSSR count). The van der Waals surface area contributed by atoms with Crippen molar-refractivity contribution in [3.05, 3.63) is 64.7 Å². The van der Waals surface area contributed by atoms with E-state index in [2.05, 4.69) is 5.32 Å². The highest BCUT2D eigenvalue weighted by Gasteiger charge is 2.09. The SMILES string of the molecule is Oc1c(F)cc(CNCc2ccc(F)c(F)c2)cc1F. The summed E-state index contributed by atoms with van der Waals surface area (Å²) in [6.07, 6.45) is 0. The van der Waals surface area contributed by atoms with E-state index in [4.69, 9.17) is 5.11 Å². The van der Waals surface area contributed by atoms with Crippen LogP contribution < -0.4 is 5.32 Å². The molecule has 2 aromatic carbocycles. The van der Waals surface area contributed by atoms with Crippen molar-refractivity contribution in [3.8, 4) is 5.75 Å². The van der Waals surface area contributed by atoms with Gasteiger partial charge in [0.05, 0.1) is 0 Å². The average Bonchev–Trinajstić information content (AvgIpc) is 2.40. The first kappa shape index (κ1) is 14.3. The van der Waals surface area contributed by atoms with E-state index in [0.717, 1.165) is 24.3 Å². The van der Waals surface area contributed by atoms with Crippen LogP contribution in [0, 0.1) is 23.3 Å². The molecular weight excluding hydrogens is 274 g/mol. The number of benzene rings is 2. The van der Waals surface area contributed by atoms with Gasteiger partial charge in [-0.15, -0.1) is 0 Å². The summed E-state index contributed by atoms with van der Waals surface area (Å²) in [4.78, 5) is 0. The first-order chi connectivity index (χ1) is 9.47. The van der Waals surface area contributed by atoms with Crippen LogP contribution in [-0.2, 0) is 13.1 Å². The first-order valence-electron chi connectivity index (χ1n) is 5.79. The minimum atomic E-state index is -1.05. The van der Waals surface area contributed by atoms with E-state index in [0.29, 0.717) is 11.1 Å². The summed E-state index contributed by atoms with van der Waals surface area (Å²) in [5, 5.41) is 11.8. The molecule has 2 nitrogen and oxygen atoms in total. The van der Waals surface area contributed by atoms with E-state index in [1.807, 2.05) is 0 Å². The van der Waals surface area contributed by atoms with Gasteiger partial charge in [0.25, 0.3) is 0 Å². The third kappa shape index (κ3) is 3.27. The van der Waals surface area contributed by atoms with Gasteiger partial charge in [-0.05, 0) is 35.4 Å². The van der Waals surface area contributed by atoms with Crippen molar-refractivity contribution < 1.29 is 22.7 Å². The fourth-order valence-corrected chi connectivity index (χ4v) is 1.72. The van der Waals surface area contributed by atoms with Gasteiger partial charge in [0.1, 0.15) is 0 Å². The van der Waals surface area contributed by atoms with Gasteiger partial charge < -0.3 is 10.4 Å². The summed E-state index contributed by atoms with van der Waals surface area (Å²) in [5.74, 6) is -5.00. The van der Waals surface area contributed by atoms with Crippen LogP contribution in [-0.4, -0.2) is 5.11 Å². The summed E-state index contributed by atoms with van der Waals surface area (Å²) in [6, 6.07) is 5.45. The molecule has 0 radical (unpaired) electrons. The van der Waals surface area contributed by atoms with Crippen LogP contribution in [0.5, 0.6) is 5.75 Å². The van der Waals surface area contributed by atoms with Crippen LogP contribution in [0.4, 0.5) is 17.6 Å². The molecule has 0 atom stereocenters. The van der Waals surface area contributed by atoms with Gasteiger partial charge in [-0.3, -0.25) is 0 Å². The number of aromatic hydroxyl groups is 1. The summed E-state index contributed by atoms with van der Waals surface area (Å²) in [5.41, 5.74) is 0.795. The lowest BCUT2D eigenvalue weighted by Gasteiger charge is -2.07. The van der Waals surface area contributed by atoms with E-state index in [9.17, 15) is 17.6 Å². The fraction of sp³-hybridized carbons (Fsp3) is 0.143. The standard InChI is InChI=1S/C14H11F4NO/c15-10-2-1-8(3-11(10)16)6-19-7-9-4-12(17)14(20)13(18)5-9/h1-5,19-20H,6-7H2. The molecule has 0 saturated heterocycles. The number of rotatable bonds is 4. The summed E-state index contributed by atoms with van der Waals surface area (Å²) in [6.45, 7) is 0.328. The Morgan fingerprint density at radius 2 is 1.30 bits per heavy atom. The maximum Gasteiger partial charge on any atom is 0.187 e. The molecule has 0 aliphatic rings. The predicted octanol–water partition coefficient (Wildman–Crippen LogP) is 3.24. The maximum atomic E-state index is 13.1. The van der Waals surface area contributed by atoms with Gasteiger partial charge in [0.15, 0.2) is 29.0 Å². The number of phenols is 1. The van der Waals surface area contributed by atoms with Crippen LogP contribution in [0.1, 0.15) is 11.1 Å². The Hall–Kier alpha value is -2.08. The Bertz CT molecular complexity index is 608. The number of hydrogen-bond acceptors (Lipinski definition) is 2. The second-order valence-corrected chi connectivity index (χ2v) is 4.26. The molecule has 20 heavy (non-hydrogen) atoms. The number of nitrogens with one attached hydrogen (secondary N) is 1. The minimum Gasteiger partial charge on any atom is -0.503 e. The Balaban J connectivity index is 1.97. The van der Waals surface area contributed by atoms with Gasteiger partial charge >= 0.3 is 0 Å². The van der Waals surface area contributed by atoms with Crippen LogP contribution in [0.2, 0.25) is 0 Å². The first-order valence-corrected chi connectivity index (χ1v) is 5.79. The van der Waals surface area contributed by atoms with Gasteiger partial charge in [0, 0.05) is 13.1 Å². The zero-order chi connectivity index (χ0) is 14.7. The molecular formula is C14H11F4NO. The molecule has 0 aromatic heterocycles. The second kappa shape index (κ2) is 5.92. The van der Waals surface area contributed by atoms with Gasteiger partial charge in [-0.2, -0.15) is 0 Å². The molecule has 0 aliphatic carbocycles. The summed E-state index contributed by atoms with van der Waals surface area (Å²) >= 11 is 0. The van der Waals surface area contributed by atoms with Crippen molar-refractivity contribution in [1.29, 1.82) is 0 Å². The van der Waals surface area contributed by atoms with E-state index >= 15 is 0 Å². The molecule has 0 amide bonds. The van der Waals surface area contributed by atoms with Gasteiger partial charge in [-0.25, -0.2) is 17.6 Å². The zero-order valence-corrected chi connectivity index (χ0v) is 10.3. The fourth-order valence-electron chi connectivity index (χ4n) is 1.72. The lowest BCUT2D eigenvalue weighted by molar-refractivity contribution is 0.395. The van der Waals surface area contributed by atoms with E-state index in [-0.39, 0.29) is 13.1 Å². The van der Waals surface area contributed by atoms with Crippen LogP contribution >= 0.6 is 0 Å². The smallest absolute Gasteiger partial charge is 0.187 e. The number of halogens is 4. The lowest BCUT2D eigenvalue weighted by atomic mass is 10.1. The Morgan fingerprint density at radius 1 is 0.750 bits per heavy atom. The summed E-state index contributed by atoms with van der Waals surface area (Å²) < 4.78 is 51.8. The molecule has 0 spiro atoms. The predicted molar refractivity (Wildman–Crippen MR) is 64.9 cm³/mol. The van der Waals surface area contributed by atoms with E-state index in [1.54, 1.807) is 0 Å². The van der Waals surface area contributed by atoms with Crippen molar-refractivity contribution in [2.75, 3.05) is 0 Å². The maximum absolute atomic E-state index is 13.1. The highest BCUT2D eigenvalue weighted by molar-refractivity contribution is 5.30. The Kier molecular flexibility index (Phi) is 4.24. The molecule has 0 aliphatic heterocycles. The monoisotopic (exact) mass is 285 g/mol. The topological polar surface area (TPSA) is 32.3 Å². The third-order valence-corrected chi connectivity index (χ3v) is 2.72. The van der Waals surface area contributed by atoms with Crippen LogP contribution in [0.3, 0.4) is 0 Å². The number of hydrogen-bond donors (Lipinski definition) is 2. The van der Waals surface area contributed by atoms with Crippen LogP contribution in [0.15, 0.2) is 30.3 Å². The molecule has 0 saturated carbocycles. The molecule has 106 valence electrons. The molecule has 2 N–H and O–H groups in total. The Labute approximate surface area is 112 Å². The van der Waals surface area contributed by atoms with Crippen molar-refractivity contribution in [3.63, 3.8) is 0 Å². The van der Waals surface area contributed by atoms with Crippen LogP contribution in [0.25, 0.3) is 0 Å². The Morgan fingerprint density at radius 3 is 1.90 bits per heavy atom. The number of phenolic OH excluding ortho intramolecular Hbond substituents is 1. The highest BCUT2D eigenvalue weighted by Crippen LogP contribution is 2.21. The third-order valence-electron chi connectivity index (χ3n) is 2.72. The molecule has 0 fully saturated rings. The molecule has 0 unspecified atom stereocenters. The quantitative estimate of drug-likeness (QED) is 0.845. The molecule has 2 aromatic rings. The molecule has 6 heteroatoms. The van der Waals surface area contributed by atoms with Crippen molar-refractivity contribution in [2.24, 2.45) is 0 Å². The zero-order valence-electron chi connectivity index (χ0n) is 10.3. The lowest BCUT2D eigenvalue weighted by Crippen LogP contribution is -2.13.